The molecule has 0 saturated heterocycles. The number of nitrogens with zero attached hydrogens (tertiary/aromatic N) is 1. The van der Waals surface area contributed by atoms with E-state index in [4.69, 9.17) is 10.00 Å². The van der Waals surface area contributed by atoms with Gasteiger partial charge in [-0.15, -0.1) is 0 Å². The first-order valence-corrected chi connectivity index (χ1v) is 8.75. The number of sulfonamides is 1. The quantitative estimate of drug-likeness (QED) is 0.846. The smallest absolute Gasteiger partial charge is 0.240 e. The molecule has 2 aromatic carbocycles. The third kappa shape index (κ3) is 4.81. The molecule has 6 heteroatoms. The van der Waals surface area contributed by atoms with Crippen molar-refractivity contribution in [2.75, 3.05) is 6.61 Å². The van der Waals surface area contributed by atoms with Crippen molar-refractivity contribution in [2.24, 2.45) is 0 Å². The van der Waals surface area contributed by atoms with Gasteiger partial charge in [-0.1, -0.05) is 25.1 Å². The van der Waals surface area contributed by atoms with E-state index >= 15 is 0 Å². The fourth-order valence-electron chi connectivity index (χ4n) is 1.92. The first-order valence-electron chi connectivity index (χ1n) is 7.26. The Labute approximate surface area is 136 Å². The van der Waals surface area contributed by atoms with Crippen LogP contribution < -0.4 is 9.46 Å². The van der Waals surface area contributed by atoms with Gasteiger partial charge in [0.1, 0.15) is 5.75 Å². The zero-order valence-corrected chi connectivity index (χ0v) is 13.6. The minimum atomic E-state index is -3.65. The summed E-state index contributed by atoms with van der Waals surface area (Å²) in [6.07, 6.45) is 0.934. The predicted molar refractivity (Wildman–Crippen MR) is 87.4 cm³/mol. The van der Waals surface area contributed by atoms with Crippen molar-refractivity contribution in [1.82, 2.24) is 4.72 Å². The second-order valence-corrected chi connectivity index (χ2v) is 6.72. The van der Waals surface area contributed by atoms with Gasteiger partial charge in [0.2, 0.25) is 10.0 Å². The number of benzene rings is 2. The Morgan fingerprint density at radius 2 is 1.91 bits per heavy atom. The molecule has 120 valence electrons. The molecule has 0 aliphatic carbocycles. The van der Waals surface area contributed by atoms with Gasteiger partial charge < -0.3 is 4.74 Å². The average molecular weight is 330 g/mol. The van der Waals surface area contributed by atoms with Crippen molar-refractivity contribution < 1.29 is 13.2 Å². The average Bonchev–Trinajstić information content (AvgIpc) is 2.59. The molecular weight excluding hydrogens is 312 g/mol. The Balaban J connectivity index is 2.03. The molecule has 0 amide bonds. The van der Waals surface area contributed by atoms with Crippen molar-refractivity contribution in [2.45, 2.75) is 24.8 Å². The molecule has 0 aromatic heterocycles. The molecule has 0 heterocycles. The lowest BCUT2D eigenvalue weighted by Gasteiger charge is -2.08. The van der Waals surface area contributed by atoms with Crippen LogP contribution in [0.3, 0.4) is 0 Å². The van der Waals surface area contributed by atoms with Gasteiger partial charge in [0.05, 0.1) is 23.1 Å². The fourth-order valence-corrected chi connectivity index (χ4v) is 2.98. The summed E-state index contributed by atoms with van der Waals surface area (Å²) in [4.78, 5) is 0.0828. The first-order chi connectivity index (χ1) is 11.0. The third-order valence-corrected chi connectivity index (χ3v) is 4.53. The van der Waals surface area contributed by atoms with E-state index in [1.807, 2.05) is 37.3 Å². The lowest BCUT2D eigenvalue weighted by Crippen LogP contribution is -2.23. The van der Waals surface area contributed by atoms with Crippen LogP contribution in [-0.2, 0) is 16.6 Å². The van der Waals surface area contributed by atoms with Gasteiger partial charge in [-0.25, -0.2) is 13.1 Å². The van der Waals surface area contributed by atoms with Crippen LogP contribution in [0, 0.1) is 11.3 Å². The van der Waals surface area contributed by atoms with Crippen LogP contribution in [0.1, 0.15) is 24.5 Å². The molecule has 5 nitrogen and oxygen atoms in total. The molecule has 0 bridgehead atoms. The molecule has 0 atom stereocenters. The van der Waals surface area contributed by atoms with Gasteiger partial charge in [0.25, 0.3) is 0 Å². The Hall–Kier alpha value is -2.36. The van der Waals surface area contributed by atoms with E-state index in [0.29, 0.717) is 12.2 Å². The maximum absolute atomic E-state index is 12.2. The predicted octanol–water partition coefficient (Wildman–Crippen LogP) is 2.83. The number of nitriles is 1. The Morgan fingerprint density at radius 1 is 1.17 bits per heavy atom. The fraction of sp³-hybridized carbons (Fsp3) is 0.235. The largest absolute Gasteiger partial charge is 0.494 e. The molecule has 0 fully saturated rings. The van der Waals surface area contributed by atoms with Crippen molar-refractivity contribution in [1.29, 1.82) is 5.26 Å². The van der Waals surface area contributed by atoms with Crippen LogP contribution >= 0.6 is 0 Å². The van der Waals surface area contributed by atoms with E-state index in [2.05, 4.69) is 4.72 Å². The zero-order valence-electron chi connectivity index (χ0n) is 12.8. The molecule has 2 aromatic rings. The molecule has 0 unspecified atom stereocenters. The standard InChI is InChI=1S/C17H18N2O3S/c1-2-10-22-16-8-6-14(7-9-16)13-19-23(20,21)17-5-3-4-15(11-17)12-18/h3-9,11,19H,2,10,13H2,1H3. The molecule has 0 aliphatic heterocycles. The number of hydrogen-bond donors (Lipinski definition) is 1. The van der Waals surface area contributed by atoms with Crippen molar-refractivity contribution in [3.63, 3.8) is 0 Å². The van der Waals surface area contributed by atoms with E-state index < -0.39 is 10.0 Å². The zero-order chi connectivity index (χ0) is 16.7. The second kappa shape index (κ2) is 7.77. The molecule has 0 saturated carbocycles. The monoisotopic (exact) mass is 330 g/mol. The normalized spacial score (nSPS) is 11.0. The van der Waals surface area contributed by atoms with Crippen molar-refractivity contribution in [3.8, 4) is 11.8 Å². The lowest BCUT2D eigenvalue weighted by atomic mass is 10.2. The number of rotatable bonds is 7. The SMILES string of the molecule is CCCOc1ccc(CNS(=O)(=O)c2cccc(C#N)c2)cc1. The van der Waals surface area contributed by atoms with Gasteiger partial charge in [0.15, 0.2) is 0 Å². The molecule has 0 aliphatic rings. The number of nitrogens with one attached hydrogen (secondary N) is 1. The first kappa shape index (κ1) is 17.0. The molecule has 0 spiro atoms. The Morgan fingerprint density at radius 3 is 2.57 bits per heavy atom. The second-order valence-electron chi connectivity index (χ2n) is 4.96. The topological polar surface area (TPSA) is 79.2 Å². The third-order valence-electron chi connectivity index (χ3n) is 3.14. The maximum Gasteiger partial charge on any atom is 0.240 e. The Bertz CT molecular complexity index is 793. The minimum absolute atomic E-state index is 0.0828. The van der Waals surface area contributed by atoms with E-state index in [9.17, 15) is 8.42 Å². The van der Waals surface area contributed by atoms with Crippen LogP contribution in [0.15, 0.2) is 53.4 Å². The summed E-state index contributed by atoms with van der Waals surface area (Å²) < 4.78 is 32.5. The highest BCUT2D eigenvalue weighted by molar-refractivity contribution is 7.89. The summed E-state index contributed by atoms with van der Waals surface area (Å²) >= 11 is 0. The lowest BCUT2D eigenvalue weighted by molar-refractivity contribution is 0.317. The summed E-state index contributed by atoms with van der Waals surface area (Å²) in [6.45, 7) is 2.86. The van der Waals surface area contributed by atoms with Crippen LogP contribution in [0.5, 0.6) is 5.75 Å². The minimum Gasteiger partial charge on any atom is -0.494 e. The maximum atomic E-state index is 12.2. The van der Waals surface area contributed by atoms with Gasteiger partial charge in [0, 0.05) is 6.54 Å². The molecular formula is C17H18N2O3S. The van der Waals surface area contributed by atoms with E-state index in [-0.39, 0.29) is 11.4 Å². The van der Waals surface area contributed by atoms with E-state index in [0.717, 1.165) is 17.7 Å². The Kier molecular flexibility index (Phi) is 5.74. The number of hydrogen-bond acceptors (Lipinski definition) is 4. The number of ether oxygens (including phenoxy) is 1. The van der Waals surface area contributed by atoms with Crippen molar-refractivity contribution >= 4 is 10.0 Å². The summed E-state index contributed by atoms with van der Waals surface area (Å²) in [7, 11) is -3.65. The van der Waals surface area contributed by atoms with Crippen LogP contribution in [-0.4, -0.2) is 15.0 Å². The van der Waals surface area contributed by atoms with Gasteiger partial charge in [-0.2, -0.15) is 5.26 Å². The van der Waals surface area contributed by atoms with Gasteiger partial charge >= 0.3 is 0 Å². The summed E-state index contributed by atoms with van der Waals surface area (Å²) in [5.74, 6) is 0.764. The highest BCUT2D eigenvalue weighted by Crippen LogP contribution is 2.14. The van der Waals surface area contributed by atoms with Crippen LogP contribution in [0.25, 0.3) is 0 Å². The van der Waals surface area contributed by atoms with Crippen molar-refractivity contribution in [3.05, 3.63) is 59.7 Å². The highest BCUT2D eigenvalue weighted by Gasteiger charge is 2.14. The summed E-state index contributed by atoms with van der Waals surface area (Å²) in [6, 6.07) is 15.1. The molecule has 0 radical (unpaired) electrons. The van der Waals surface area contributed by atoms with Crippen LogP contribution in [0.4, 0.5) is 0 Å². The highest BCUT2D eigenvalue weighted by atomic mass is 32.2. The van der Waals surface area contributed by atoms with E-state index in [1.165, 1.54) is 12.1 Å². The summed E-state index contributed by atoms with van der Waals surface area (Å²) in [5, 5.41) is 8.85. The van der Waals surface area contributed by atoms with Gasteiger partial charge in [-0.05, 0) is 42.3 Å². The van der Waals surface area contributed by atoms with E-state index in [1.54, 1.807) is 12.1 Å². The summed E-state index contributed by atoms with van der Waals surface area (Å²) in [5.41, 5.74) is 1.14. The molecule has 23 heavy (non-hydrogen) atoms. The molecule has 1 N–H and O–H groups in total. The van der Waals surface area contributed by atoms with Gasteiger partial charge in [-0.3, -0.25) is 0 Å². The van der Waals surface area contributed by atoms with Crippen LogP contribution in [0.2, 0.25) is 0 Å². The molecule has 2 rings (SSSR count).